The van der Waals surface area contributed by atoms with Crippen LogP contribution in [0.25, 0.3) is 0 Å². The monoisotopic (exact) mass is 434 g/mol. The van der Waals surface area contributed by atoms with Gasteiger partial charge in [0.05, 0.1) is 26.9 Å². The Kier molecular flexibility index (Phi) is 8.58. The quantitative estimate of drug-likeness (QED) is 0.607. The van der Waals surface area contributed by atoms with Crippen molar-refractivity contribution in [2.45, 2.75) is 56.7 Å². The van der Waals surface area contributed by atoms with Crippen LogP contribution in [0.1, 0.15) is 37.7 Å². The van der Waals surface area contributed by atoms with Crippen molar-refractivity contribution in [1.29, 1.82) is 0 Å². The first-order valence-corrected chi connectivity index (χ1v) is 11.4. The molecule has 2 fully saturated rings. The van der Waals surface area contributed by atoms with Gasteiger partial charge in [0.2, 0.25) is 0 Å². The summed E-state index contributed by atoms with van der Waals surface area (Å²) < 4.78 is 17.1. The number of carboxylic acid groups (broad SMARTS) is 1. The molecule has 1 saturated heterocycles. The molecule has 4 atom stereocenters. The predicted molar refractivity (Wildman–Crippen MR) is 120 cm³/mol. The highest BCUT2D eigenvalue weighted by Gasteiger charge is 2.40. The van der Waals surface area contributed by atoms with E-state index in [0.717, 1.165) is 50.3 Å². The molecule has 1 heterocycles. The lowest BCUT2D eigenvalue weighted by molar-refractivity contribution is -0.144. The lowest BCUT2D eigenvalue weighted by atomic mass is 9.91. The summed E-state index contributed by atoms with van der Waals surface area (Å²) in [6.45, 7) is 2.47. The van der Waals surface area contributed by atoms with Crippen molar-refractivity contribution in [3.8, 4) is 11.5 Å². The molecule has 2 aliphatic rings. The van der Waals surface area contributed by atoms with E-state index in [1.165, 1.54) is 18.4 Å². The minimum absolute atomic E-state index is 0.168. The number of nitrogens with zero attached hydrogens (tertiary/aromatic N) is 2. The summed E-state index contributed by atoms with van der Waals surface area (Å²) in [7, 11) is 7.02. The van der Waals surface area contributed by atoms with Gasteiger partial charge in [-0.15, -0.1) is 0 Å². The maximum absolute atomic E-state index is 11.7. The molecular weight excluding hydrogens is 396 g/mol. The standard InChI is InChI=1S/C24H38N2O5/c1-25(2)23(24(27)28)18-11-13-26(16-18)19-7-5-6-8-20(19)31-14-12-17-9-10-21(29-3)22(15-17)30-4/h9-10,15,18-20,23H,5-8,11-14,16H2,1-4H3,(H,27,28)/t18-,19+,20-,23?/m0/s1. The van der Waals surface area contributed by atoms with Crippen LogP contribution in [0.4, 0.5) is 0 Å². The molecule has 0 radical (unpaired) electrons. The third kappa shape index (κ3) is 5.90. The number of carboxylic acids is 1. The number of ether oxygens (including phenoxy) is 3. The summed E-state index contributed by atoms with van der Waals surface area (Å²) in [5, 5.41) is 9.65. The molecule has 0 amide bonds. The second kappa shape index (κ2) is 11.2. The van der Waals surface area contributed by atoms with E-state index in [-0.39, 0.29) is 12.0 Å². The molecular formula is C24H38N2O5. The summed E-state index contributed by atoms with van der Waals surface area (Å²) >= 11 is 0. The Labute approximate surface area is 186 Å². The van der Waals surface area contributed by atoms with E-state index in [2.05, 4.69) is 11.0 Å². The lowest BCUT2D eigenvalue weighted by Gasteiger charge is -2.38. The van der Waals surface area contributed by atoms with Gasteiger partial charge in [0, 0.05) is 12.6 Å². The van der Waals surface area contributed by atoms with Gasteiger partial charge in [0.25, 0.3) is 0 Å². The number of methoxy groups -OCH3 is 2. The second-order valence-electron chi connectivity index (χ2n) is 8.99. The minimum atomic E-state index is -0.719. The van der Waals surface area contributed by atoms with E-state index >= 15 is 0 Å². The normalized spacial score (nSPS) is 25.5. The number of aliphatic carboxylic acids is 1. The van der Waals surface area contributed by atoms with Crippen LogP contribution in [0.15, 0.2) is 18.2 Å². The largest absolute Gasteiger partial charge is 0.493 e. The topological polar surface area (TPSA) is 71.5 Å². The third-order valence-electron chi connectivity index (χ3n) is 6.82. The van der Waals surface area contributed by atoms with Gasteiger partial charge in [-0.1, -0.05) is 18.9 Å². The smallest absolute Gasteiger partial charge is 0.321 e. The first-order chi connectivity index (χ1) is 14.9. The molecule has 1 aliphatic carbocycles. The SMILES string of the molecule is COc1ccc(CCO[C@H]2CCCC[C@H]2N2CC[C@H](C(C(=O)O)N(C)C)C2)cc1OC. The van der Waals surface area contributed by atoms with Crippen molar-refractivity contribution < 1.29 is 24.1 Å². The fraction of sp³-hybridized carbons (Fsp3) is 0.708. The summed E-state index contributed by atoms with van der Waals surface area (Å²) in [6, 6.07) is 5.98. The number of likely N-dealkylation sites (tertiary alicyclic amines) is 1. The van der Waals surface area contributed by atoms with Crippen LogP contribution in [0.2, 0.25) is 0 Å². The number of hydrogen-bond acceptors (Lipinski definition) is 6. The van der Waals surface area contributed by atoms with Crippen molar-refractivity contribution in [3.05, 3.63) is 23.8 Å². The molecule has 1 N–H and O–H groups in total. The van der Waals surface area contributed by atoms with Crippen LogP contribution < -0.4 is 9.47 Å². The highest BCUT2D eigenvalue weighted by Crippen LogP contribution is 2.32. The van der Waals surface area contributed by atoms with Crippen molar-refractivity contribution in [1.82, 2.24) is 9.80 Å². The lowest BCUT2D eigenvalue weighted by Crippen LogP contribution is -2.48. The Bertz CT molecular complexity index is 726. The zero-order valence-corrected chi connectivity index (χ0v) is 19.4. The summed E-state index contributed by atoms with van der Waals surface area (Å²) in [5.74, 6) is 0.929. The highest BCUT2D eigenvalue weighted by atomic mass is 16.5. The first kappa shape index (κ1) is 23.8. The fourth-order valence-electron chi connectivity index (χ4n) is 5.27. The van der Waals surface area contributed by atoms with Gasteiger partial charge < -0.3 is 19.3 Å². The second-order valence-corrected chi connectivity index (χ2v) is 8.99. The zero-order valence-electron chi connectivity index (χ0n) is 19.4. The summed E-state index contributed by atoms with van der Waals surface area (Å²) in [4.78, 5) is 16.1. The van der Waals surface area contributed by atoms with E-state index in [4.69, 9.17) is 14.2 Å². The number of likely N-dealkylation sites (N-methyl/N-ethyl adjacent to an activating group) is 1. The van der Waals surface area contributed by atoms with Crippen LogP contribution in [0, 0.1) is 5.92 Å². The van der Waals surface area contributed by atoms with E-state index in [0.29, 0.717) is 12.6 Å². The number of benzene rings is 1. The highest BCUT2D eigenvalue weighted by molar-refractivity contribution is 5.74. The maximum atomic E-state index is 11.7. The van der Waals surface area contributed by atoms with Crippen LogP contribution in [0.5, 0.6) is 11.5 Å². The Morgan fingerprint density at radius 3 is 2.58 bits per heavy atom. The molecule has 1 saturated carbocycles. The van der Waals surface area contributed by atoms with Crippen molar-refractivity contribution >= 4 is 5.97 Å². The molecule has 1 unspecified atom stereocenters. The van der Waals surface area contributed by atoms with E-state index in [9.17, 15) is 9.90 Å². The molecule has 174 valence electrons. The van der Waals surface area contributed by atoms with Crippen LogP contribution >= 0.6 is 0 Å². The van der Waals surface area contributed by atoms with Gasteiger partial charge in [0.15, 0.2) is 11.5 Å². The minimum Gasteiger partial charge on any atom is -0.493 e. The van der Waals surface area contributed by atoms with Gasteiger partial charge >= 0.3 is 5.97 Å². The van der Waals surface area contributed by atoms with Crippen molar-refractivity contribution in [2.75, 3.05) is 48.0 Å². The average molecular weight is 435 g/mol. The fourth-order valence-corrected chi connectivity index (χ4v) is 5.27. The van der Waals surface area contributed by atoms with Crippen molar-refractivity contribution in [3.63, 3.8) is 0 Å². The maximum Gasteiger partial charge on any atom is 0.321 e. The first-order valence-electron chi connectivity index (χ1n) is 11.4. The molecule has 3 rings (SSSR count). The molecule has 0 spiro atoms. The molecule has 7 heteroatoms. The molecule has 1 aliphatic heterocycles. The third-order valence-corrected chi connectivity index (χ3v) is 6.82. The van der Waals surface area contributed by atoms with E-state index in [1.54, 1.807) is 14.2 Å². The summed E-state index contributed by atoms with van der Waals surface area (Å²) in [6.07, 6.45) is 6.61. The van der Waals surface area contributed by atoms with Gasteiger partial charge in [-0.3, -0.25) is 14.6 Å². The number of hydrogen-bond donors (Lipinski definition) is 1. The van der Waals surface area contributed by atoms with E-state index < -0.39 is 12.0 Å². The van der Waals surface area contributed by atoms with Gasteiger partial charge in [0.1, 0.15) is 6.04 Å². The van der Waals surface area contributed by atoms with Gasteiger partial charge in [-0.05, 0) is 69.9 Å². The Balaban J connectivity index is 1.56. The Morgan fingerprint density at radius 2 is 1.90 bits per heavy atom. The molecule has 0 aromatic heterocycles. The van der Waals surface area contributed by atoms with Crippen LogP contribution in [0.3, 0.4) is 0 Å². The molecule has 1 aromatic rings. The molecule has 0 bridgehead atoms. The number of carbonyl (C=O) groups is 1. The van der Waals surface area contributed by atoms with Gasteiger partial charge in [-0.2, -0.15) is 0 Å². The average Bonchev–Trinajstić information content (AvgIpc) is 3.22. The molecule has 1 aromatic carbocycles. The Morgan fingerprint density at radius 1 is 1.16 bits per heavy atom. The van der Waals surface area contributed by atoms with E-state index in [1.807, 2.05) is 31.1 Å². The van der Waals surface area contributed by atoms with Gasteiger partial charge in [-0.25, -0.2) is 0 Å². The summed E-state index contributed by atoms with van der Waals surface area (Å²) in [5.41, 5.74) is 1.17. The van der Waals surface area contributed by atoms with Crippen LogP contribution in [-0.4, -0.2) is 87.1 Å². The van der Waals surface area contributed by atoms with Crippen molar-refractivity contribution in [2.24, 2.45) is 5.92 Å². The predicted octanol–water partition coefficient (Wildman–Crippen LogP) is 2.91. The molecule has 31 heavy (non-hydrogen) atoms. The van der Waals surface area contributed by atoms with Crippen LogP contribution in [-0.2, 0) is 16.0 Å². The number of rotatable bonds is 10. The molecule has 7 nitrogen and oxygen atoms in total. The zero-order chi connectivity index (χ0) is 22.4. The Hall–Kier alpha value is -1.83.